The number of carboxylic acid groups (broad SMARTS) is 1. The van der Waals surface area contributed by atoms with Crippen molar-refractivity contribution in [2.75, 3.05) is 19.7 Å². The molecule has 16 heavy (non-hydrogen) atoms. The van der Waals surface area contributed by atoms with Gasteiger partial charge in [-0.05, 0) is 26.3 Å². The van der Waals surface area contributed by atoms with E-state index in [1.165, 1.54) is 25.7 Å². The van der Waals surface area contributed by atoms with E-state index in [-0.39, 0.29) is 0 Å². The largest absolute Gasteiger partial charge is 0.479 e. The Hall–Kier alpha value is -0.610. The lowest BCUT2D eigenvalue weighted by atomic mass is 10.2. The number of aliphatic carboxylic acids is 1. The first-order valence-corrected chi connectivity index (χ1v) is 6.27. The van der Waals surface area contributed by atoms with Crippen LogP contribution in [-0.2, 0) is 9.53 Å². The molecule has 1 rings (SSSR count). The molecule has 0 radical (unpaired) electrons. The molecule has 0 saturated heterocycles. The minimum Gasteiger partial charge on any atom is -0.479 e. The lowest BCUT2D eigenvalue weighted by Gasteiger charge is -2.29. The van der Waals surface area contributed by atoms with Crippen LogP contribution in [0.15, 0.2) is 0 Å². The van der Waals surface area contributed by atoms with E-state index >= 15 is 0 Å². The smallest absolute Gasteiger partial charge is 0.334 e. The summed E-state index contributed by atoms with van der Waals surface area (Å²) in [5.74, 6) is -0.849. The van der Waals surface area contributed by atoms with Crippen molar-refractivity contribution in [1.82, 2.24) is 4.90 Å². The summed E-state index contributed by atoms with van der Waals surface area (Å²) in [6, 6.07) is 0.562. The number of hydrogen-bond acceptors (Lipinski definition) is 3. The Morgan fingerprint density at radius 1 is 1.44 bits per heavy atom. The third-order valence-electron chi connectivity index (χ3n) is 3.29. The van der Waals surface area contributed by atoms with Gasteiger partial charge in [-0.15, -0.1) is 0 Å². The molecule has 1 saturated carbocycles. The van der Waals surface area contributed by atoms with Crippen molar-refractivity contribution in [1.29, 1.82) is 0 Å². The molecule has 0 amide bonds. The fourth-order valence-electron chi connectivity index (χ4n) is 2.42. The van der Waals surface area contributed by atoms with Crippen molar-refractivity contribution in [2.24, 2.45) is 0 Å². The zero-order valence-corrected chi connectivity index (χ0v) is 10.3. The quantitative estimate of drug-likeness (QED) is 0.722. The molecule has 0 bridgehead atoms. The third kappa shape index (κ3) is 3.76. The average molecular weight is 229 g/mol. The predicted octanol–water partition coefficient (Wildman–Crippen LogP) is 1.74. The van der Waals surface area contributed by atoms with Crippen molar-refractivity contribution in [3.8, 4) is 0 Å². The van der Waals surface area contributed by atoms with Crippen LogP contribution < -0.4 is 0 Å². The van der Waals surface area contributed by atoms with Crippen LogP contribution >= 0.6 is 0 Å². The van der Waals surface area contributed by atoms with Gasteiger partial charge in [-0.1, -0.05) is 19.8 Å². The molecule has 0 aliphatic heterocycles. The van der Waals surface area contributed by atoms with E-state index < -0.39 is 12.1 Å². The summed E-state index contributed by atoms with van der Waals surface area (Å²) in [6.45, 7) is 5.80. The van der Waals surface area contributed by atoms with E-state index in [1.54, 1.807) is 0 Å². The maximum absolute atomic E-state index is 11.0. The molecule has 1 fully saturated rings. The van der Waals surface area contributed by atoms with E-state index in [4.69, 9.17) is 9.84 Å². The van der Waals surface area contributed by atoms with Gasteiger partial charge in [-0.3, -0.25) is 4.90 Å². The molecule has 1 aliphatic rings. The van der Waals surface area contributed by atoms with Crippen molar-refractivity contribution in [3.05, 3.63) is 0 Å². The van der Waals surface area contributed by atoms with Gasteiger partial charge in [0.15, 0.2) is 6.10 Å². The van der Waals surface area contributed by atoms with Crippen molar-refractivity contribution >= 4 is 5.97 Å². The fraction of sp³-hybridized carbons (Fsp3) is 0.917. The van der Waals surface area contributed by atoms with Gasteiger partial charge in [0, 0.05) is 19.2 Å². The Morgan fingerprint density at radius 2 is 2.06 bits per heavy atom. The maximum atomic E-state index is 11.0. The summed E-state index contributed by atoms with van der Waals surface area (Å²) in [5, 5.41) is 9.04. The number of carbonyl (C=O) groups is 1. The van der Waals surface area contributed by atoms with Gasteiger partial charge in [-0.2, -0.15) is 0 Å². The minimum atomic E-state index is -0.849. The van der Waals surface area contributed by atoms with Crippen LogP contribution in [0.5, 0.6) is 0 Å². The van der Waals surface area contributed by atoms with Crippen molar-refractivity contribution in [2.45, 2.75) is 51.7 Å². The Balaban J connectivity index is 2.48. The maximum Gasteiger partial charge on any atom is 0.334 e. The highest BCUT2D eigenvalue weighted by molar-refractivity contribution is 5.72. The number of hydrogen-bond donors (Lipinski definition) is 1. The van der Waals surface area contributed by atoms with E-state index in [2.05, 4.69) is 11.8 Å². The zero-order valence-electron chi connectivity index (χ0n) is 10.3. The predicted molar refractivity (Wildman–Crippen MR) is 62.6 cm³/mol. The number of rotatable bonds is 7. The molecule has 94 valence electrons. The molecule has 1 N–H and O–H groups in total. The molecule has 4 nitrogen and oxygen atoms in total. The standard InChI is InChI=1S/C12H23NO3/c1-3-13(10-7-5-6-8-10)9-11(12(14)15)16-4-2/h10-11H,3-9H2,1-2H3,(H,14,15). The van der Waals surface area contributed by atoms with Crippen molar-refractivity contribution < 1.29 is 14.6 Å². The monoisotopic (exact) mass is 229 g/mol. The molecular formula is C12H23NO3. The highest BCUT2D eigenvalue weighted by Crippen LogP contribution is 2.23. The SMILES string of the molecule is CCOC(CN(CC)C1CCCC1)C(=O)O. The fourth-order valence-corrected chi connectivity index (χ4v) is 2.42. The lowest BCUT2D eigenvalue weighted by Crippen LogP contribution is -2.43. The molecule has 0 aromatic heterocycles. The number of nitrogens with zero attached hydrogens (tertiary/aromatic N) is 1. The van der Waals surface area contributed by atoms with Gasteiger partial charge in [0.2, 0.25) is 0 Å². The second-order valence-corrected chi connectivity index (χ2v) is 4.31. The van der Waals surface area contributed by atoms with Crippen LogP contribution in [0.2, 0.25) is 0 Å². The van der Waals surface area contributed by atoms with Crippen LogP contribution in [0, 0.1) is 0 Å². The van der Waals surface area contributed by atoms with Gasteiger partial charge in [0.1, 0.15) is 0 Å². The number of carboxylic acids is 1. The Morgan fingerprint density at radius 3 is 2.50 bits per heavy atom. The highest BCUT2D eigenvalue weighted by atomic mass is 16.5. The average Bonchev–Trinajstić information content (AvgIpc) is 2.77. The first-order valence-electron chi connectivity index (χ1n) is 6.27. The van der Waals surface area contributed by atoms with E-state index in [0.717, 1.165) is 6.54 Å². The topological polar surface area (TPSA) is 49.8 Å². The van der Waals surface area contributed by atoms with Gasteiger partial charge < -0.3 is 9.84 Å². The molecule has 0 aromatic carbocycles. The third-order valence-corrected chi connectivity index (χ3v) is 3.29. The second-order valence-electron chi connectivity index (χ2n) is 4.31. The number of likely N-dealkylation sites (N-methyl/N-ethyl adjacent to an activating group) is 1. The van der Waals surface area contributed by atoms with E-state index in [1.807, 2.05) is 6.92 Å². The molecule has 1 aliphatic carbocycles. The summed E-state index contributed by atoms with van der Waals surface area (Å²) in [4.78, 5) is 13.3. The summed E-state index contributed by atoms with van der Waals surface area (Å²) in [5.41, 5.74) is 0. The summed E-state index contributed by atoms with van der Waals surface area (Å²) >= 11 is 0. The first-order chi connectivity index (χ1) is 7.69. The van der Waals surface area contributed by atoms with Crippen LogP contribution in [0.3, 0.4) is 0 Å². The zero-order chi connectivity index (χ0) is 12.0. The van der Waals surface area contributed by atoms with Crippen LogP contribution in [0.4, 0.5) is 0 Å². The summed E-state index contributed by atoms with van der Waals surface area (Å²) in [7, 11) is 0. The summed E-state index contributed by atoms with van der Waals surface area (Å²) in [6.07, 6.45) is 4.27. The molecule has 1 atom stereocenters. The Bertz CT molecular complexity index is 214. The molecule has 0 aromatic rings. The van der Waals surface area contributed by atoms with Crippen LogP contribution in [0.25, 0.3) is 0 Å². The van der Waals surface area contributed by atoms with Crippen molar-refractivity contribution in [3.63, 3.8) is 0 Å². The van der Waals surface area contributed by atoms with Gasteiger partial charge in [0.25, 0.3) is 0 Å². The highest BCUT2D eigenvalue weighted by Gasteiger charge is 2.27. The van der Waals surface area contributed by atoms with Crippen LogP contribution in [0.1, 0.15) is 39.5 Å². The molecular weight excluding hydrogens is 206 g/mol. The molecule has 0 heterocycles. The van der Waals surface area contributed by atoms with Gasteiger partial charge >= 0.3 is 5.97 Å². The van der Waals surface area contributed by atoms with E-state index in [9.17, 15) is 4.79 Å². The summed E-state index contributed by atoms with van der Waals surface area (Å²) < 4.78 is 5.25. The van der Waals surface area contributed by atoms with Gasteiger partial charge in [-0.25, -0.2) is 4.79 Å². The lowest BCUT2D eigenvalue weighted by molar-refractivity contribution is -0.151. The second kappa shape index (κ2) is 6.86. The van der Waals surface area contributed by atoms with Crippen LogP contribution in [-0.4, -0.2) is 47.8 Å². The van der Waals surface area contributed by atoms with E-state index in [0.29, 0.717) is 19.2 Å². The molecule has 1 unspecified atom stereocenters. The Labute approximate surface area is 97.6 Å². The molecule has 0 spiro atoms. The Kier molecular flexibility index (Phi) is 5.77. The minimum absolute atomic E-state index is 0.458. The first kappa shape index (κ1) is 13.5. The molecule has 4 heteroatoms. The number of ether oxygens (including phenoxy) is 1. The van der Waals surface area contributed by atoms with Gasteiger partial charge in [0.05, 0.1) is 0 Å². The normalized spacial score (nSPS) is 19.2.